The van der Waals surface area contributed by atoms with Crippen molar-refractivity contribution in [2.45, 2.75) is 45.8 Å². The second kappa shape index (κ2) is 7.46. The van der Waals surface area contributed by atoms with Crippen LogP contribution < -0.4 is 5.32 Å². The molecule has 2 fully saturated rings. The molecule has 2 aliphatic heterocycles. The molecule has 3 atom stereocenters. The van der Waals surface area contributed by atoms with Gasteiger partial charge in [0.1, 0.15) is 6.04 Å². The zero-order valence-corrected chi connectivity index (χ0v) is 13.0. The molecule has 2 rings (SSSR count). The minimum atomic E-state index is -0.142. The lowest BCUT2D eigenvalue weighted by molar-refractivity contribution is -0.138. The SMILES string of the molecule is CC(C)CC1CCN(C(=O)[C@H]2NCCO[C@@H]2C)C1.Cl. The molecule has 1 amide bonds. The van der Waals surface area contributed by atoms with Crippen LogP contribution in [0.1, 0.15) is 33.6 Å². The van der Waals surface area contributed by atoms with Gasteiger partial charge in [0.15, 0.2) is 0 Å². The molecule has 0 aromatic heterocycles. The first-order chi connectivity index (χ1) is 8.58. The maximum absolute atomic E-state index is 12.4. The van der Waals surface area contributed by atoms with E-state index in [1.807, 2.05) is 11.8 Å². The van der Waals surface area contributed by atoms with Crippen LogP contribution in [0.25, 0.3) is 0 Å². The van der Waals surface area contributed by atoms with Crippen LogP contribution in [0.3, 0.4) is 0 Å². The molecule has 0 bridgehead atoms. The summed E-state index contributed by atoms with van der Waals surface area (Å²) in [5.41, 5.74) is 0. The molecule has 112 valence electrons. The molecule has 2 aliphatic rings. The minimum Gasteiger partial charge on any atom is -0.375 e. The molecule has 2 heterocycles. The molecule has 1 unspecified atom stereocenters. The van der Waals surface area contributed by atoms with Crippen LogP contribution in [0.15, 0.2) is 0 Å². The summed E-state index contributed by atoms with van der Waals surface area (Å²) in [5.74, 6) is 1.64. The Hall–Kier alpha value is -0.320. The summed E-state index contributed by atoms with van der Waals surface area (Å²) in [5, 5.41) is 3.28. The molecular weight excluding hydrogens is 264 g/mol. The number of nitrogens with zero attached hydrogens (tertiary/aromatic N) is 1. The van der Waals surface area contributed by atoms with Gasteiger partial charge in [-0.05, 0) is 31.6 Å². The number of nitrogens with one attached hydrogen (secondary N) is 1. The summed E-state index contributed by atoms with van der Waals surface area (Å²) in [4.78, 5) is 14.4. The summed E-state index contributed by atoms with van der Waals surface area (Å²) < 4.78 is 5.55. The van der Waals surface area contributed by atoms with Gasteiger partial charge in [-0.15, -0.1) is 12.4 Å². The van der Waals surface area contributed by atoms with Gasteiger partial charge in [-0.3, -0.25) is 4.79 Å². The molecule has 0 radical (unpaired) electrons. The highest BCUT2D eigenvalue weighted by Crippen LogP contribution is 2.24. The van der Waals surface area contributed by atoms with Crippen LogP contribution in [-0.2, 0) is 9.53 Å². The van der Waals surface area contributed by atoms with Crippen molar-refractivity contribution in [3.8, 4) is 0 Å². The van der Waals surface area contributed by atoms with Crippen molar-refractivity contribution in [1.29, 1.82) is 0 Å². The number of likely N-dealkylation sites (tertiary alicyclic amines) is 1. The van der Waals surface area contributed by atoms with Gasteiger partial charge < -0.3 is 15.0 Å². The van der Waals surface area contributed by atoms with E-state index < -0.39 is 0 Å². The monoisotopic (exact) mass is 290 g/mol. The number of ether oxygens (including phenoxy) is 1. The highest BCUT2D eigenvalue weighted by Gasteiger charge is 2.35. The second-order valence-corrected chi connectivity index (χ2v) is 6.08. The Kier molecular flexibility index (Phi) is 6.57. The molecule has 4 nitrogen and oxygen atoms in total. The van der Waals surface area contributed by atoms with Crippen molar-refractivity contribution < 1.29 is 9.53 Å². The fourth-order valence-electron chi connectivity index (χ4n) is 3.10. The van der Waals surface area contributed by atoms with Gasteiger partial charge in [-0.1, -0.05) is 13.8 Å². The minimum absolute atomic E-state index is 0. The van der Waals surface area contributed by atoms with Crippen molar-refractivity contribution >= 4 is 18.3 Å². The van der Waals surface area contributed by atoms with E-state index in [0.29, 0.717) is 12.5 Å². The number of amides is 1. The number of carbonyl (C=O) groups is 1. The molecule has 0 saturated carbocycles. The predicted molar refractivity (Wildman–Crippen MR) is 78.6 cm³/mol. The molecule has 0 aromatic rings. The Bertz CT molecular complexity index is 299. The first kappa shape index (κ1) is 16.7. The smallest absolute Gasteiger partial charge is 0.242 e. The van der Waals surface area contributed by atoms with Gasteiger partial charge in [0.25, 0.3) is 0 Å². The topological polar surface area (TPSA) is 41.6 Å². The van der Waals surface area contributed by atoms with E-state index in [-0.39, 0.29) is 30.5 Å². The molecule has 2 saturated heterocycles. The van der Waals surface area contributed by atoms with Crippen molar-refractivity contribution in [3.63, 3.8) is 0 Å². The third-order valence-corrected chi connectivity index (χ3v) is 3.98. The average Bonchev–Trinajstić information content (AvgIpc) is 2.76. The highest BCUT2D eigenvalue weighted by atomic mass is 35.5. The van der Waals surface area contributed by atoms with Crippen LogP contribution in [0.5, 0.6) is 0 Å². The molecule has 5 heteroatoms. The largest absolute Gasteiger partial charge is 0.375 e. The van der Waals surface area contributed by atoms with Crippen molar-refractivity contribution in [2.24, 2.45) is 11.8 Å². The summed E-state index contributed by atoms with van der Waals surface area (Å²) >= 11 is 0. The van der Waals surface area contributed by atoms with Crippen LogP contribution in [-0.4, -0.2) is 49.2 Å². The fraction of sp³-hybridized carbons (Fsp3) is 0.929. The number of hydrogen-bond acceptors (Lipinski definition) is 3. The molecule has 19 heavy (non-hydrogen) atoms. The Labute approximate surface area is 122 Å². The number of rotatable bonds is 3. The summed E-state index contributed by atoms with van der Waals surface area (Å²) in [6.45, 7) is 9.83. The molecule has 0 aliphatic carbocycles. The van der Waals surface area contributed by atoms with Gasteiger partial charge in [-0.25, -0.2) is 0 Å². The second-order valence-electron chi connectivity index (χ2n) is 6.08. The van der Waals surface area contributed by atoms with E-state index >= 15 is 0 Å². The Morgan fingerprint density at radius 1 is 1.47 bits per heavy atom. The summed E-state index contributed by atoms with van der Waals surface area (Å²) in [6.07, 6.45) is 2.38. The molecule has 1 N–H and O–H groups in total. The predicted octanol–water partition coefficient (Wildman–Crippen LogP) is 1.68. The zero-order chi connectivity index (χ0) is 13.1. The van der Waals surface area contributed by atoms with Crippen LogP contribution in [0, 0.1) is 11.8 Å². The van der Waals surface area contributed by atoms with Crippen molar-refractivity contribution in [3.05, 3.63) is 0 Å². The van der Waals surface area contributed by atoms with Gasteiger partial charge in [0.2, 0.25) is 5.91 Å². The normalized spacial score (nSPS) is 31.4. The fourth-order valence-corrected chi connectivity index (χ4v) is 3.10. The Morgan fingerprint density at radius 3 is 2.84 bits per heavy atom. The number of morpholine rings is 1. The third-order valence-electron chi connectivity index (χ3n) is 3.98. The number of carbonyl (C=O) groups excluding carboxylic acids is 1. The highest BCUT2D eigenvalue weighted by molar-refractivity contribution is 5.85. The van der Waals surface area contributed by atoms with Gasteiger partial charge in [0.05, 0.1) is 12.7 Å². The standard InChI is InChI=1S/C14H26N2O2.ClH/c1-10(2)8-12-4-6-16(9-12)14(17)13-11(3)18-7-5-15-13;/h10-13,15H,4-9H2,1-3H3;1H/t11-,12?,13+;/m1./s1. The molecule has 0 aromatic carbocycles. The van der Waals surface area contributed by atoms with Crippen LogP contribution in [0.2, 0.25) is 0 Å². The van der Waals surface area contributed by atoms with Gasteiger partial charge >= 0.3 is 0 Å². The molecule has 0 spiro atoms. The van der Waals surface area contributed by atoms with E-state index in [4.69, 9.17) is 4.74 Å². The maximum Gasteiger partial charge on any atom is 0.242 e. The first-order valence-corrected chi connectivity index (χ1v) is 7.21. The van der Waals surface area contributed by atoms with E-state index in [9.17, 15) is 4.79 Å². The van der Waals surface area contributed by atoms with Gasteiger partial charge in [-0.2, -0.15) is 0 Å². The van der Waals surface area contributed by atoms with Crippen molar-refractivity contribution in [2.75, 3.05) is 26.2 Å². The Balaban J connectivity index is 0.00000180. The van der Waals surface area contributed by atoms with E-state index in [0.717, 1.165) is 32.0 Å². The lowest BCUT2D eigenvalue weighted by Crippen LogP contribution is -2.56. The quantitative estimate of drug-likeness (QED) is 0.860. The van der Waals surface area contributed by atoms with Crippen molar-refractivity contribution in [1.82, 2.24) is 10.2 Å². The van der Waals surface area contributed by atoms with Crippen LogP contribution in [0.4, 0.5) is 0 Å². The average molecular weight is 291 g/mol. The van der Waals surface area contributed by atoms with E-state index in [1.54, 1.807) is 0 Å². The van der Waals surface area contributed by atoms with Gasteiger partial charge in [0, 0.05) is 19.6 Å². The first-order valence-electron chi connectivity index (χ1n) is 7.21. The van der Waals surface area contributed by atoms with E-state index in [2.05, 4.69) is 19.2 Å². The Morgan fingerprint density at radius 2 is 2.21 bits per heavy atom. The maximum atomic E-state index is 12.4. The molecular formula is C14H27ClN2O2. The number of hydrogen-bond donors (Lipinski definition) is 1. The lowest BCUT2D eigenvalue weighted by Gasteiger charge is -2.32. The summed E-state index contributed by atoms with van der Waals surface area (Å²) in [6, 6.07) is -0.142. The lowest BCUT2D eigenvalue weighted by atomic mass is 9.97. The van der Waals surface area contributed by atoms with E-state index in [1.165, 1.54) is 6.42 Å². The summed E-state index contributed by atoms with van der Waals surface area (Å²) in [7, 11) is 0. The van der Waals surface area contributed by atoms with Crippen LogP contribution >= 0.6 is 12.4 Å². The zero-order valence-electron chi connectivity index (χ0n) is 12.2. The third kappa shape index (κ3) is 4.33. The number of halogens is 1.